The number of carboxylic acid groups (broad SMARTS) is 2. The summed E-state index contributed by atoms with van der Waals surface area (Å²) in [5.74, 6) is -3.27. The molecule has 0 saturated carbocycles. The van der Waals surface area contributed by atoms with Crippen LogP contribution in [-0.2, 0) is 9.59 Å². The number of aliphatic carboxylic acids is 1. The summed E-state index contributed by atoms with van der Waals surface area (Å²) in [6.45, 7) is 0. The van der Waals surface area contributed by atoms with Gasteiger partial charge in [-0.2, -0.15) is 0 Å². The van der Waals surface area contributed by atoms with Gasteiger partial charge in [-0.05, 0) is 30.7 Å². The molecule has 1 heterocycles. The smallest absolute Gasteiger partial charge is 0.339 e. The van der Waals surface area contributed by atoms with Crippen LogP contribution in [0.4, 0.5) is 5.82 Å². The van der Waals surface area contributed by atoms with Crippen molar-refractivity contribution in [1.82, 2.24) is 4.98 Å². The summed E-state index contributed by atoms with van der Waals surface area (Å²) in [7, 11) is 0. The maximum atomic E-state index is 11.4. The third kappa shape index (κ3) is 4.11. The topological polar surface area (TPSA) is 143 Å². The summed E-state index contributed by atoms with van der Waals surface area (Å²) in [5, 5.41) is 22.0. The number of halogens is 1. The van der Waals surface area contributed by atoms with E-state index in [1.165, 1.54) is 6.07 Å². The molecular weight excluding hydrogens is 338 g/mol. The molecule has 2 aromatic rings. The minimum absolute atomic E-state index is 0.0932. The average Bonchev–Trinajstić information content (AvgIpc) is 2.50. The normalized spacial score (nSPS) is 11.9. The summed E-state index contributed by atoms with van der Waals surface area (Å²) in [5.41, 5.74) is 5.27. The van der Waals surface area contributed by atoms with E-state index in [2.05, 4.69) is 10.3 Å². The zero-order valence-corrected chi connectivity index (χ0v) is 13.1. The van der Waals surface area contributed by atoms with Crippen LogP contribution in [0.5, 0.6) is 0 Å². The second-order valence-electron chi connectivity index (χ2n) is 5.07. The molecule has 1 aromatic carbocycles. The molecule has 1 atom stereocenters. The monoisotopic (exact) mass is 351 g/mol. The molecule has 0 aliphatic rings. The van der Waals surface area contributed by atoms with E-state index in [0.29, 0.717) is 15.9 Å². The number of nitrogens with zero attached hydrogens (tertiary/aromatic N) is 1. The van der Waals surface area contributed by atoms with Crippen molar-refractivity contribution in [2.24, 2.45) is 5.73 Å². The quantitative estimate of drug-likeness (QED) is 0.594. The molecule has 0 aliphatic carbocycles. The number of hydrogen-bond donors (Lipinski definition) is 4. The highest BCUT2D eigenvalue weighted by atomic mass is 35.5. The number of carboxylic acids is 2. The Hall–Kier alpha value is -2.87. The van der Waals surface area contributed by atoms with Crippen LogP contribution in [-0.4, -0.2) is 39.1 Å². The van der Waals surface area contributed by atoms with Crippen molar-refractivity contribution in [3.8, 4) is 0 Å². The lowest BCUT2D eigenvalue weighted by molar-refractivity contribution is -0.138. The lowest BCUT2D eigenvalue weighted by Gasteiger charge is -2.16. The predicted octanol–water partition coefficient (Wildman–Crippen LogP) is 1.72. The van der Waals surface area contributed by atoms with Crippen molar-refractivity contribution >= 4 is 46.2 Å². The van der Waals surface area contributed by atoms with Crippen LogP contribution in [0.2, 0.25) is 5.02 Å². The maximum Gasteiger partial charge on any atom is 0.339 e. The molecule has 24 heavy (non-hydrogen) atoms. The van der Waals surface area contributed by atoms with E-state index < -0.39 is 23.9 Å². The first-order chi connectivity index (χ1) is 11.3. The summed E-state index contributed by atoms with van der Waals surface area (Å²) in [6, 6.07) is 4.89. The van der Waals surface area contributed by atoms with Crippen LogP contribution in [0.25, 0.3) is 10.9 Å². The van der Waals surface area contributed by atoms with Crippen LogP contribution < -0.4 is 11.1 Å². The van der Waals surface area contributed by atoms with Crippen LogP contribution in [0.3, 0.4) is 0 Å². The largest absolute Gasteiger partial charge is 0.480 e. The van der Waals surface area contributed by atoms with Crippen LogP contribution in [0.1, 0.15) is 23.2 Å². The first-order valence-corrected chi connectivity index (χ1v) is 7.27. The van der Waals surface area contributed by atoms with Gasteiger partial charge in [0, 0.05) is 16.8 Å². The molecule has 0 saturated heterocycles. The van der Waals surface area contributed by atoms with Gasteiger partial charge in [-0.25, -0.2) is 14.6 Å². The highest BCUT2D eigenvalue weighted by molar-refractivity contribution is 6.31. The van der Waals surface area contributed by atoms with E-state index in [1.54, 1.807) is 18.2 Å². The molecule has 126 valence electrons. The Labute approximate surface area is 141 Å². The summed E-state index contributed by atoms with van der Waals surface area (Å²) in [4.78, 5) is 37.7. The summed E-state index contributed by atoms with van der Waals surface area (Å²) < 4.78 is 0. The molecule has 0 spiro atoms. The van der Waals surface area contributed by atoms with Crippen molar-refractivity contribution < 1.29 is 24.6 Å². The van der Waals surface area contributed by atoms with E-state index in [9.17, 15) is 24.6 Å². The van der Waals surface area contributed by atoms with Gasteiger partial charge in [-0.3, -0.25) is 4.79 Å². The molecule has 0 fully saturated rings. The zero-order valence-electron chi connectivity index (χ0n) is 12.3. The molecule has 0 aliphatic heterocycles. The third-order valence-corrected chi connectivity index (χ3v) is 3.53. The summed E-state index contributed by atoms with van der Waals surface area (Å²) in [6.07, 6.45) is -0.250. The van der Waals surface area contributed by atoms with Gasteiger partial charge in [0.05, 0.1) is 5.52 Å². The van der Waals surface area contributed by atoms with Crippen molar-refractivity contribution in [1.29, 1.82) is 0 Å². The molecule has 0 bridgehead atoms. The van der Waals surface area contributed by atoms with Crippen LogP contribution >= 0.6 is 11.6 Å². The van der Waals surface area contributed by atoms with Crippen molar-refractivity contribution in [3.63, 3.8) is 0 Å². The standard InChI is InChI=1S/C15H14ClN3O5/c16-8-1-2-10-7(5-8)6-9(14(21)22)13(18-10)19-11(15(23)24)3-4-12(17)20/h1-2,5-6,11H,3-4H2,(H2,17,20)(H,18,19)(H,21,22)(H,23,24). The number of amides is 1. The highest BCUT2D eigenvalue weighted by Gasteiger charge is 2.22. The molecule has 2 rings (SSSR count). The molecule has 8 nitrogen and oxygen atoms in total. The minimum atomic E-state index is -1.27. The second-order valence-corrected chi connectivity index (χ2v) is 5.50. The number of primary amides is 1. The van der Waals surface area contributed by atoms with E-state index in [1.807, 2.05) is 0 Å². The first-order valence-electron chi connectivity index (χ1n) is 6.89. The van der Waals surface area contributed by atoms with Gasteiger partial charge < -0.3 is 21.3 Å². The fourth-order valence-electron chi connectivity index (χ4n) is 2.13. The van der Waals surface area contributed by atoms with Gasteiger partial charge in [-0.15, -0.1) is 0 Å². The number of rotatable bonds is 7. The van der Waals surface area contributed by atoms with Gasteiger partial charge in [0.25, 0.3) is 0 Å². The molecule has 1 amide bonds. The number of benzene rings is 1. The molecule has 9 heteroatoms. The number of carbonyl (C=O) groups is 3. The fourth-order valence-corrected chi connectivity index (χ4v) is 2.31. The number of pyridine rings is 1. The first kappa shape index (κ1) is 17.5. The van der Waals surface area contributed by atoms with Crippen molar-refractivity contribution in [2.45, 2.75) is 18.9 Å². The SMILES string of the molecule is NC(=O)CCC(Nc1nc2ccc(Cl)cc2cc1C(=O)O)C(=O)O. The Morgan fingerprint density at radius 2 is 1.96 bits per heavy atom. The molecule has 1 aromatic heterocycles. The number of carbonyl (C=O) groups excluding carboxylic acids is 1. The Morgan fingerprint density at radius 3 is 2.54 bits per heavy atom. The Morgan fingerprint density at radius 1 is 1.25 bits per heavy atom. The van der Waals surface area contributed by atoms with Crippen LogP contribution in [0.15, 0.2) is 24.3 Å². The Balaban J connectivity index is 2.42. The zero-order chi connectivity index (χ0) is 17.9. The Bertz CT molecular complexity index is 824. The van der Waals surface area contributed by atoms with Gasteiger partial charge in [-0.1, -0.05) is 11.6 Å². The number of anilines is 1. The van der Waals surface area contributed by atoms with E-state index in [0.717, 1.165) is 0 Å². The van der Waals surface area contributed by atoms with E-state index >= 15 is 0 Å². The molecule has 5 N–H and O–H groups in total. The summed E-state index contributed by atoms with van der Waals surface area (Å²) >= 11 is 5.87. The lowest BCUT2D eigenvalue weighted by atomic mass is 10.1. The fraction of sp³-hybridized carbons (Fsp3) is 0.200. The number of aromatic carboxylic acids is 1. The van der Waals surface area contributed by atoms with Gasteiger partial charge in [0.1, 0.15) is 17.4 Å². The maximum absolute atomic E-state index is 11.4. The molecular formula is C15H14ClN3O5. The van der Waals surface area contributed by atoms with Crippen LogP contribution in [0, 0.1) is 0 Å². The van der Waals surface area contributed by atoms with E-state index in [-0.39, 0.29) is 24.2 Å². The number of hydrogen-bond acceptors (Lipinski definition) is 5. The highest BCUT2D eigenvalue weighted by Crippen LogP contribution is 2.24. The van der Waals surface area contributed by atoms with Gasteiger partial charge >= 0.3 is 11.9 Å². The third-order valence-electron chi connectivity index (χ3n) is 3.30. The lowest BCUT2D eigenvalue weighted by Crippen LogP contribution is -2.32. The number of nitrogens with two attached hydrogens (primary N) is 1. The van der Waals surface area contributed by atoms with Crippen molar-refractivity contribution in [2.75, 3.05) is 5.32 Å². The van der Waals surface area contributed by atoms with Crippen molar-refractivity contribution in [3.05, 3.63) is 34.9 Å². The second kappa shape index (κ2) is 7.14. The minimum Gasteiger partial charge on any atom is -0.480 e. The molecule has 1 unspecified atom stereocenters. The predicted molar refractivity (Wildman–Crippen MR) is 87.2 cm³/mol. The van der Waals surface area contributed by atoms with Gasteiger partial charge in [0.15, 0.2) is 0 Å². The number of aromatic nitrogens is 1. The Kier molecular flexibility index (Phi) is 5.20. The number of fused-ring (bicyclic) bond motifs is 1. The van der Waals surface area contributed by atoms with E-state index in [4.69, 9.17) is 17.3 Å². The average molecular weight is 352 g/mol. The van der Waals surface area contributed by atoms with Gasteiger partial charge in [0.2, 0.25) is 5.91 Å². The number of nitrogens with one attached hydrogen (secondary N) is 1. The molecule has 0 radical (unpaired) electrons.